The fraction of sp³-hybridized carbons (Fsp3) is 0.375. The Morgan fingerprint density at radius 3 is 2.73 bits per heavy atom. The zero-order valence-corrected chi connectivity index (χ0v) is 7.47. The first-order valence-electron chi connectivity index (χ1n) is 3.60. The van der Waals surface area contributed by atoms with Gasteiger partial charge in [0, 0.05) is 24.5 Å². The van der Waals surface area contributed by atoms with E-state index in [1.54, 1.807) is 10.6 Å². The maximum absolute atomic E-state index is 5.81. The van der Waals surface area contributed by atoms with E-state index in [1.165, 1.54) is 0 Å². The van der Waals surface area contributed by atoms with Gasteiger partial charge in [-0.3, -0.25) is 4.42 Å². The standard InChI is InChI=1S/C8H11ClN2/c1-3-11(9)8-5-4-7(2)6-10-8/h4-6H,3H2,1-2H3. The average Bonchev–Trinajstić information content (AvgIpc) is 2.05. The first-order valence-corrected chi connectivity index (χ1v) is 3.94. The minimum Gasteiger partial charge on any atom is -0.269 e. The molecular weight excluding hydrogens is 160 g/mol. The molecule has 0 bridgehead atoms. The number of aromatic nitrogens is 1. The van der Waals surface area contributed by atoms with Gasteiger partial charge in [0.2, 0.25) is 0 Å². The Morgan fingerprint density at radius 1 is 1.55 bits per heavy atom. The second-order valence-electron chi connectivity index (χ2n) is 2.37. The summed E-state index contributed by atoms with van der Waals surface area (Å²) in [6.07, 6.45) is 1.81. The lowest BCUT2D eigenvalue weighted by atomic mass is 10.3. The quantitative estimate of drug-likeness (QED) is 0.634. The highest BCUT2D eigenvalue weighted by Gasteiger charge is 1.99. The number of aryl methyl sites for hydroxylation is 1. The summed E-state index contributed by atoms with van der Waals surface area (Å²) in [5.41, 5.74) is 1.15. The zero-order chi connectivity index (χ0) is 8.27. The Hall–Kier alpha value is -0.760. The van der Waals surface area contributed by atoms with Gasteiger partial charge >= 0.3 is 0 Å². The van der Waals surface area contributed by atoms with E-state index in [9.17, 15) is 0 Å². The van der Waals surface area contributed by atoms with Crippen LogP contribution >= 0.6 is 11.8 Å². The van der Waals surface area contributed by atoms with Crippen LogP contribution < -0.4 is 4.42 Å². The van der Waals surface area contributed by atoms with Gasteiger partial charge in [0.1, 0.15) is 5.82 Å². The van der Waals surface area contributed by atoms with Gasteiger partial charge in [0.15, 0.2) is 0 Å². The molecule has 1 aromatic rings. The predicted molar refractivity (Wildman–Crippen MR) is 47.8 cm³/mol. The number of hydrogen-bond acceptors (Lipinski definition) is 2. The van der Waals surface area contributed by atoms with Crippen molar-refractivity contribution in [3.8, 4) is 0 Å². The lowest BCUT2D eigenvalue weighted by Gasteiger charge is -2.10. The molecule has 0 aromatic carbocycles. The van der Waals surface area contributed by atoms with Crippen LogP contribution in [0.2, 0.25) is 0 Å². The fourth-order valence-corrected chi connectivity index (χ4v) is 0.866. The van der Waals surface area contributed by atoms with Crippen LogP contribution in [0.25, 0.3) is 0 Å². The molecule has 0 radical (unpaired) electrons. The largest absolute Gasteiger partial charge is 0.269 e. The number of anilines is 1. The monoisotopic (exact) mass is 170 g/mol. The Kier molecular flexibility index (Phi) is 2.71. The SMILES string of the molecule is CCN(Cl)c1ccc(C)cn1. The summed E-state index contributed by atoms with van der Waals surface area (Å²) >= 11 is 5.81. The van der Waals surface area contributed by atoms with Gasteiger partial charge in [0.25, 0.3) is 0 Å². The zero-order valence-electron chi connectivity index (χ0n) is 6.71. The highest BCUT2D eigenvalue weighted by molar-refractivity contribution is 6.25. The summed E-state index contributed by atoms with van der Waals surface area (Å²) in [6.45, 7) is 4.74. The van der Waals surface area contributed by atoms with Crippen molar-refractivity contribution >= 4 is 17.6 Å². The third-order valence-corrected chi connectivity index (χ3v) is 1.83. The molecule has 0 atom stereocenters. The van der Waals surface area contributed by atoms with Gasteiger partial charge in [-0.1, -0.05) is 6.07 Å². The topological polar surface area (TPSA) is 16.1 Å². The van der Waals surface area contributed by atoms with Crippen LogP contribution in [0.15, 0.2) is 18.3 Å². The Bertz CT molecular complexity index is 220. The van der Waals surface area contributed by atoms with Crippen molar-refractivity contribution < 1.29 is 0 Å². The maximum Gasteiger partial charge on any atom is 0.142 e. The van der Waals surface area contributed by atoms with E-state index < -0.39 is 0 Å². The molecule has 0 spiro atoms. The van der Waals surface area contributed by atoms with Crippen LogP contribution in [0.3, 0.4) is 0 Å². The van der Waals surface area contributed by atoms with E-state index in [4.69, 9.17) is 11.8 Å². The average molecular weight is 171 g/mol. The maximum atomic E-state index is 5.81. The van der Waals surface area contributed by atoms with Gasteiger partial charge < -0.3 is 0 Å². The first kappa shape index (κ1) is 8.34. The van der Waals surface area contributed by atoms with Crippen molar-refractivity contribution in [3.05, 3.63) is 23.9 Å². The minimum atomic E-state index is 0.762. The summed E-state index contributed by atoms with van der Waals surface area (Å²) in [6, 6.07) is 3.90. The summed E-state index contributed by atoms with van der Waals surface area (Å²) < 4.78 is 1.58. The smallest absolute Gasteiger partial charge is 0.142 e. The molecule has 60 valence electrons. The molecule has 0 unspecified atom stereocenters. The summed E-state index contributed by atoms with van der Waals surface area (Å²) in [5.74, 6) is 0.805. The number of rotatable bonds is 2. The molecule has 1 rings (SSSR count). The molecule has 1 aromatic heterocycles. The number of hydrogen-bond donors (Lipinski definition) is 0. The fourth-order valence-electron chi connectivity index (χ4n) is 0.766. The highest BCUT2D eigenvalue weighted by atomic mass is 35.5. The number of nitrogens with zero attached hydrogens (tertiary/aromatic N) is 2. The Morgan fingerprint density at radius 2 is 2.27 bits per heavy atom. The van der Waals surface area contributed by atoms with Gasteiger partial charge in [-0.15, -0.1) is 0 Å². The number of pyridine rings is 1. The van der Waals surface area contributed by atoms with Crippen molar-refractivity contribution in [1.29, 1.82) is 0 Å². The molecule has 2 nitrogen and oxygen atoms in total. The van der Waals surface area contributed by atoms with E-state index in [0.29, 0.717) is 0 Å². The third-order valence-electron chi connectivity index (χ3n) is 1.42. The second kappa shape index (κ2) is 3.58. The van der Waals surface area contributed by atoms with Crippen LogP contribution in [-0.2, 0) is 0 Å². The van der Waals surface area contributed by atoms with E-state index >= 15 is 0 Å². The van der Waals surface area contributed by atoms with Crippen LogP contribution in [0.4, 0.5) is 5.82 Å². The molecule has 0 fully saturated rings. The molecule has 0 saturated carbocycles. The molecule has 0 amide bonds. The Labute approximate surface area is 71.9 Å². The summed E-state index contributed by atoms with van der Waals surface area (Å²) in [7, 11) is 0. The van der Waals surface area contributed by atoms with Gasteiger partial charge in [-0.2, -0.15) is 0 Å². The molecular formula is C8H11ClN2. The molecule has 11 heavy (non-hydrogen) atoms. The lowest BCUT2D eigenvalue weighted by molar-refractivity contribution is 1.05. The molecule has 0 saturated heterocycles. The van der Waals surface area contributed by atoms with E-state index in [-0.39, 0.29) is 0 Å². The molecule has 0 aliphatic rings. The molecule has 3 heteroatoms. The van der Waals surface area contributed by atoms with Crippen molar-refractivity contribution in [2.24, 2.45) is 0 Å². The minimum absolute atomic E-state index is 0.762. The molecule has 0 aliphatic carbocycles. The van der Waals surface area contributed by atoms with E-state index in [0.717, 1.165) is 17.9 Å². The van der Waals surface area contributed by atoms with E-state index in [2.05, 4.69) is 4.98 Å². The lowest BCUT2D eigenvalue weighted by Crippen LogP contribution is -2.09. The van der Waals surface area contributed by atoms with Gasteiger partial charge in [0.05, 0.1) is 0 Å². The third kappa shape index (κ3) is 2.09. The summed E-state index contributed by atoms with van der Waals surface area (Å²) in [5, 5.41) is 0. The highest BCUT2D eigenvalue weighted by Crippen LogP contribution is 2.11. The molecule has 0 aliphatic heterocycles. The van der Waals surface area contributed by atoms with Crippen molar-refractivity contribution in [2.45, 2.75) is 13.8 Å². The molecule has 0 N–H and O–H groups in total. The van der Waals surface area contributed by atoms with Crippen LogP contribution in [0.5, 0.6) is 0 Å². The van der Waals surface area contributed by atoms with Crippen LogP contribution in [0.1, 0.15) is 12.5 Å². The van der Waals surface area contributed by atoms with Crippen LogP contribution in [-0.4, -0.2) is 11.5 Å². The van der Waals surface area contributed by atoms with Crippen LogP contribution in [0, 0.1) is 6.92 Å². The normalized spacial score (nSPS) is 9.73. The van der Waals surface area contributed by atoms with Crippen molar-refractivity contribution in [1.82, 2.24) is 4.98 Å². The van der Waals surface area contributed by atoms with Gasteiger partial charge in [-0.25, -0.2) is 4.98 Å². The second-order valence-corrected chi connectivity index (χ2v) is 2.78. The number of halogens is 1. The van der Waals surface area contributed by atoms with Crippen molar-refractivity contribution in [3.63, 3.8) is 0 Å². The summed E-state index contributed by atoms with van der Waals surface area (Å²) in [4.78, 5) is 4.14. The Balaban J connectivity index is 2.81. The van der Waals surface area contributed by atoms with Crippen molar-refractivity contribution in [2.75, 3.05) is 11.0 Å². The first-order chi connectivity index (χ1) is 5.24. The molecule has 1 heterocycles. The van der Waals surface area contributed by atoms with Gasteiger partial charge in [-0.05, 0) is 25.5 Å². The van der Waals surface area contributed by atoms with E-state index in [1.807, 2.05) is 26.0 Å². The predicted octanol–water partition coefficient (Wildman–Crippen LogP) is 2.37.